The van der Waals surface area contributed by atoms with Gasteiger partial charge in [0.25, 0.3) is 0 Å². The summed E-state index contributed by atoms with van der Waals surface area (Å²) in [5.74, 6) is 1.84. The number of hydrogen-bond acceptors (Lipinski definition) is 11. The molecule has 11 nitrogen and oxygen atoms in total. The summed E-state index contributed by atoms with van der Waals surface area (Å²) in [6.45, 7) is -0.493. The van der Waals surface area contributed by atoms with Gasteiger partial charge in [-0.25, -0.2) is 0 Å². The molecule has 0 aliphatic carbocycles. The van der Waals surface area contributed by atoms with E-state index in [-0.39, 0.29) is 30.3 Å². The van der Waals surface area contributed by atoms with Crippen LogP contribution in [0.2, 0.25) is 0 Å². The quantitative estimate of drug-likeness (QED) is 0.471. The topological polar surface area (TPSA) is 153 Å². The van der Waals surface area contributed by atoms with Crippen molar-refractivity contribution in [1.29, 1.82) is 0 Å². The number of fused-ring (bicyclic) bond motifs is 2. The zero-order chi connectivity index (χ0) is 24.0. The number of benzene rings is 2. The van der Waals surface area contributed by atoms with Crippen molar-refractivity contribution in [3.63, 3.8) is 0 Å². The minimum atomic E-state index is -1.57. The number of methoxy groups -OCH3 is 1. The maximum absolute atomic E-state index is 13.0. The van der Waals surface area contributed by atoms with E-state index < -0.39 is 43.4 Å². The second-order valence-electron chi connectivity index (χ2n) is 8.16. The van der Waals surface area contributed by atoms with E-state index in [9.17, 15) is 25.2 Å². The fraction of sp³-hybridized carbons (Fsp3) is 0.435. The number of aliphatic hydroxyl groups is 4. The number of ether oxygens (including phenoxy) is 6. The molecule has 3 aliphatic heterocycles. The van der Waals surface area contributed by atoms with Crippen LogP contribution in [0.5, 0.6) is 28.7 Å². The SMILES string of the molecule is COc1cc([C@@H]2CC(=O)c3cc(O[C@H]4O[C@@H](CO)[C@H](O)[C@H](O)[C@@H]4O)ccc3O2)cc2c1OCO2. The maximum Gasteiger partial charge on any atom is 0.231 e. The average Bonchev–Trinajstić information content (AvgIpc) is 3.33. The summed E-state index contributed by atoms with van der Waals surface area (Å²) in [7, 11) is 1.51. The Hall–Kier alpha value is -3.09. The van der Waals surface area contributed by atoms with Gasteiger partial charge in [0.05, 0.1) is 25.7 Å². The van der Waals surface area contributed by atoms with Crippen LogP contribution < -0.4 is 23.7 Å². The third-order valence-corrected chi connectivity index (χ3v) is 6.04. The molecule has 34 heavy (non-hydrogen) atoms. The van der Waals surface area contributed by atoms with Gasteiger partial charge >= 0.3 is 0 Å². The lowest BCUT2D eigenvalue weighted by Crippen LogP contribution is -2.60. The molecule has 6 atom stereocenters. The minimum Gasteiger partial charge on any atom is -0.493 e. The van der Waals surface area contributed by atoms with Gasteiger partial charge in [-0.3, -0.25) is 4.79 Å². The molecule has 0 unspecified atom stereocenters. The molecular weight excluding hydrogens is 452 g/mol. The van der Waals surface area contributed by atoms with Gasteiger partial charge in [-0.05, 0) is 30.3 Å². The number of ketones is 1. The molecular formula is C23H24O11. The first-order valence-corrected chi connectivity index (χ1v) is 10.7. The fourth-order valence-corrected chi connectivity index (χ4v) is 4.20. The normalized spacial score (nSPS) is 29.9. The predicted octanol–water partition coefficient (Wildman–Crippen LogP) is 0.309. The van der Waals surface area contributed by atoms with E-state index in [2.05, 4.69) is 0 Å². The first-order chi connectivity index (χ1) is 16.4. The summed E-state index contributed by atoms with van der Waals surface area (Å²) in [6.07, 6.45) is -7.61. The summed E-state index contributed by atoms with van der Waals surface area (Å²) >= 11 is 0. The molecule has 3 heterocycles. The Labute approximate surface area is 194 Å². The summed E-state index contributed by atoms with van der Waals surface area (Å²) in [5, 5.41) is 39.4. The monoisotopic (exact) mass is 476 g/mol. The number of carbonyl (C=O) groups is 1. The van der Waals surface area contributed by atoms with Gasteiger partial charge in [0, 0.05) is 5.56 Å². The van der Waals surface area contributed by atoms with Gasteiger partial charge in [0.2, 0.25) is 18.8 Å². The van der Waals surface area contributed by atoms with Crippen molar-refractivity contribution < 1.29 is 53.6 Å². The number of Topliss-reactive ketones (excluding diaryl/α,β-unsaturated/α-hetero) is 1. The van der Waals surface area contributed by atoms with E-state index in [0.29, 0.717) is 28.6 Å². The molecule has 0 radical (unpaired) electrons. The van der Waals surface area contributed by atoms with Crippen LogP contribution in [-0.4, -0.2) is 77.4 Å². The summed E-state index contributed by atoms with van der Waals surface area (Å²) in [5.41, 5.74) is 0.979. The highest BCUT2D eigenvalue weighted by Gasteiger charge is 2.45. The molecule has 0 saturated carbocycles. The molecule has 5 rings (SSSR count). The molecule has 4 N–H and O–H groups in total. The van der Waals surface area contributed by atoms with E-state index in [0.717, 1.165) is 0 Å². The van der Waals surface area contributed by atoms with Gasteiger partial charge in [0.15, 0.2) is 17.3 Å². The maximum atomic E-state index is 13.0. The molecule has 0 spiro atoms. The van der Waals surface area contributed by atoms with Crippen molar-refractivity contribution in [1.82, 2.24) is 0 Å². The van der Waals surface area contributed by atoms with Crippen LogP contribution in [0.15, 0.2) is 30.3 Å². The Morgan fingerprint density at radius 3 is 2.62 bits per heavy atom. The molecule has 3 aliphatic rings. The standard InChI is InChI=1S/C23H24O11/c1-29-16-4-10(5-17-22(16)31-9-30-17)15-7-13(25)12-6-11(2-3-14(12)33-15)32-23-21(28)20(27)19(26)18(8-24)34-23/h2-6,15,18-21,23-24,26-28H,7-9H2,1H3/t15-,18-,19-,20-,21-,23-/m0/s1. The third kappa shape index (κ3) is 3.91. The van der Waals surface area contributed by atoms with E-state index in [1.807, 2.05) is 0 Å². The van der Waals surface area contributed by atoms with Crippen molar-refractivity contribution in [3.8, 4) is 28.7 Å². The van der Waals surface area contributed by atoms with Crippen LogP contribution >= 0.6 is 0 Å². The number of aliphatic hydroxyl groups excluding tert-OH is 4. The molecule has 2 aromatic rings. The molecule has 1 fully saturated rings. The summed E-state index contributed by atoms with van der Waals surface area (Å²) in [6, 6.07) is 8.03. The van der Waals surface area contributed by atoms with Crippen molar-refractivity contribution in [2.24, 2.45) is 0 Å². The zero-order valence-corrected chi connectivity index (χ0v) is 18.1. The number of hydrogen-bond donors (Lipinski definition) is 4. The minimum absolute atomic E-state index is 0.0549. The van der Waals surface area contributed by atoms with Gasteiger partial charge in [-0.2, -0.15) is 0 Å². The Bertz CT molecular complexity index is 1080. The summed E-state index contributed by atoms with van der Waals surface area (Å²) in [4.78, 5) is 13.0. The first-order valence-electron chi connectivity index (χ1n) is 10.7. The molecule has 2 aromatic carbocycles. The molecule has 182 valence electrons. The largest absolute Gasteiger partial charge is 0.493 e. The number of rotatable bonds is 5. The number of carbonyl (C=O) groups excluding carboxylic acids is 1. The Morgan fingerprint density at radius 2 is 1.85 bits per heavy atom. The van der Waals surface area contributed by atoms with Crippen molar-refractivity contribution in [2.45, 2.75) is 43.2 Å². The van der Waals surface area contributed by atoms with E-state index in [1.54, 1.807) is 18.2 Å². The highest BCUT2D eigenvalue weighted by Crippen LogP contribution is 2.45. The Kier molecular flexibility index (Phi) is 5.96. The van der Waals surface area contributed by atoms with E-state index >= 15 is 0 Å². The molecule has 1 saturated heterocycles. The van der Waals surface area contributed by atoms with Crippen molar-refractivity contribution in [2.75, 3.05) is 20.5 Å². The lowest BCUT2D eigenvalue weighted by atomic mass is 9.95. The smallest absolute Gasteiger partial charge is 0.231 e. The fourth-order valence-electron chi connectivity index (χ4n) is 4.20. The Morgan fingerprint density at radius 1 is 1.03 bits per heavy atom. The molecule has 11 heteroatoms. The van der Waals surface area contributed by atoms with Crippen LogP contribution in [0, 0.1) is 0 Å². The molecule has 0 amide bonds. The second-order valence-corrected chi connectivity index (χ2v) is 8.16. The van der Waals surface area contributed by atoms with Crippen LogP contribution in [0.3, 0.4) is 0 Å². The van der Waals surface area contributed by atoms with Gasteiger partial charge < -0.3 is 48.8 Å². The lowest BCUT2D eigenvalue weighted by Gasteiger charge is -2.39. The van der Waals surface area contributed by atoms with Crippen LogP contribution in [0.25, 0.3) is 0 Å². The second kappa shape index (κ2) is 8.93. The van der Waals surface area contributed by atoms with Crippen molar-refractivity contribution in [3.05, 3.63) is 41.5 Å². The van der Waals surface area contributed by atoms with Gasteiger partial charge in [0.1, 0.15) is 42.0 Å². The van der Waals surface area contributed by atoms with Crippen LogP contribution in [-0.2, 0) is 4.74 Å². The lowest BCUT2D eigenvalue weighted by molar-refractivity contribution is -0.277. The highest BCUT2D eigenvalue weighted by molar-refractivity contribution is 6.00. The zero-order valence-electron chi connectivity index (χ0n) is 18.1. The average molecular weight is 476 g/mol. The van der Waals surface area contributed by atoms with Gasteiger partial charge in [-0.15, -0.1) is 0 Å². The van der Waals surface area contributed by atoms with Crippen LogP contribution in [0.1, 0.15) is 28.4 Å². The highest BCUT2D eigenvalue weighted by atomic mass is 16.7. The Balaban J connectivity index is 1.35. The molecule has 0 bridgehead atoms. The predicted molar refractivity (Wildman–Crippen MR) is 112 cm³/mol. The van der Waals surface area contributed by atoms with E-state index in [4.69, 9.17) is 28.4 Å². The van der Waals surface area contributed by atoms with Crippen LogP contribution in [0.4, 0.5) is 0 Å². The first kappa shape index (κ1) is 22.7. The van der Waals surface area contributed by atoms with Gasteiger partial charge in [-0.1, -0.05) is 0 Å². The third-order valence-electron chi connectivity index (χ3n) is 6.04. The summed E-state index contributed by atoms with van der Waals surface area (Å²) < 4.78 is 33.3. The van der Waals surface area contributed by atoms with E-state index in [1.165, 1.54) is 19.2 Å². The molecule has 0 aromatic heterocycles. The van der Waals surface area contributed by atoms with Crippen molar-refractivity contribution >= 4 is 5.78 Å².